The summed E-state index contributed by atoms with van der Waals surface area (Å²) in [6.45, 7) is 5.45. The van der Waals surface area contributed by atoms with E-state index in [2.05, 4.69) is 15.4 Å². The Morgan fingerprint density at radius 1 is 1.50 bits per heavy atom. The minimum atomic E-state index is -0.0894. The van der Waals surface area contributed by atoms with E-state index in [1.54, 1.807) is 6.20 Å². The number of nitrogens with zero attached hydrogens (tertiary/aromatic N) is 3. The molecular weight excluding hydrogens is 284 g/mol. The van der Waals surface area contributed by atoms with Gasteiger partial charge in [-0.3, -0.25) is 9.89 Å². The first-order chi connectivity index (χ1) is 10.7. The van der Waals surface area contributed by atoms with Crippen LogP contribution in [-0.2, 0) is 16.0 Å². The summed E-state index contributed by atoms with van der Waals surface area (Å²) >= 11 is 0. The standard InChI is InChI=1S/C15H20N4O3/c1-10-12(11(2)22-18-10)3-4-15(20)19-7-8-21-9-14(19)13-5-6-16-17-13/h5-6,14H,3-4,7-9H2,1-2H3,(H,16,17)/t14-/m0/s1. The molecule has 3 rings (SSSR count). The van der Waals surface area contributed by atoms with E-state index in [9.17, 15) is 4.79 Å². The lowest BCUT2D eigenvalue weighted by atomic mass is 10.1. The molecule has 0 aromatic carbocycles. The average molecular weight is 304 g/mol. The van der Waals surface area contributed by atoms with Crippen LogP contribution in [0.5, 0.6) is 0 Å². The highest BCUT2D eigenvalue weighted by atomic mass is 16.5. The van der Waals surface area contributed by atoms with Crippen LogP contribution in [-0.4, -0.2) is 45.9 Å². The zero-order valence-electron chi connectivity index (χ0n) is 12.8. The summed E-state index contributed by atoms with van der Waals surface area (Å²) in [5, 5.41) is 10.8. The number of amides is 1. The zero-order valence-corrected chi connectivity index (χ0v) is 12.8. The van der Waals surface area contributed by atoms with Gasteiger partial charge >= 0.3 is 0 Å². The highest BCUT2D eigenvalue weighted by Crippen LogP contribution is 2.24. The van der Waals surface area contributed by atoms with Gasteiger partial charge < -0.3 is 14.2 Å². The maximum Gasteiger partial charge on any atom is 0.223 e. The Balaban J connectivity index is 1.67. The van der Waals surface area contributed by atoms with E-state index >= 15 is 0 Å². The van der Waals surface area contributed by atoms with Gasteiger partial charge in [-0.05, 0) is 26.3 Å². The molecule has 2 aromatic heterocycles. The topological polar surface area (TPSA) is 84.2 Å². The van der Waals surface area contributed by atoms with Gasteiger partial charge in [0.2, 0.25) is 5.91 Å². The fraction of sp³-hybridized carbons (Fsp3) is 0.533. The molecule has 118 valence electrons. The third kappa shape index (κ3) is 2.89. The van der Waals surface area contributed by atoms with E-state index in [1.165, 1.54) is 0 Å². The van der Waals surface area contributed by atoms with Gasteiger partial charge in [-0.25, -0.2) is 0 Å². The molecule has 7 nitrogen and oxygen atoms in total. The van der Waals surface area contributed by atoms with E-state index in [-0.39, 0.29) is 11.9 Å². The van der Waals surface area contributed by atoms with Gasteiger partial charge in [-0.15, -0.1) is 0 Å². The summed E-state index contributed by atoms with van der Waals surface area (Å²) in [6, 6.07) is 1.79. The SMILES string of the molecule is Cc1noc(C)c1CCC(=O)N1CCOC[C@H]1c1ccn[nH]1. The number of morpholine rings is 1. The molecular formula is C15H20N4O3. The highest BCUT2D eigenvalue weighted by molar-refractivity contribution is 5.77. The van der Waals surface area contributed by atoms with Crippen molar-refractivity contribution in [1.82, 2.24) is 20.3 Å². The molecule has 0 radical (unpaired) electrons. The molecule has 0 spiro atoms. The van der Waals surface area contributed by atoms with Crippen molar-refractivity contribution in [3.05, 3.63) is 35.0 Å². The number of nitrogens with one attached hydrogen (secondary N) is 1. The maximum absolute atomic E-state index is 12.6. The summed E-state index contributed by atoms with van der Waals surface area (Å²) in [7, 11) is 0. The van der Waals surface area contributed by atoms with E-state index in [0.29, 0.717) is 32.6 Å². The van der Waals surface area contributed by atoms with Gasteiger partial charge in [0.1, 0.15) is 5.76 Å². The number of H-pyrrole nitrogens is 1. The Morgan fingerprint density at radius 2 is 2.36 bits per heavy atom. The molecule has 22 heavy (non-hydrogen) atoms. The van der Waals surface area contributed by atoms with Crippen LogP contribution >= 0.6 is 0 Å². The van der Waals surface area contributed by atoms with Crippen LogP contribution in [0.15, 0.2) is 16.8 Å². The van der Waals surface area contributed by atoms with Crippen LogP contribution in [0.4, 0.5) is 0 Å². The lowest BCUT2D eigenvalue weighted by Crippen LogP contribution is -2.43. The fourth-order valence-corrected chi connectivity index (χ4v) is 2.85. The predicted octanol–water partition coefficient (Wildman–Crippen LogP) is 1.55. The van der Waals surface area contributed by atoms with Crippen molar-refractivity contribution in [2.75, 3.05) is 19.8 Å². The van der Waals surface area contributed by atoms with Gasteiger partial charge in [-0.2, -0.15) is 5.10 Å². The first-order valence-corrected chi connectivity index (χ1v) is 7.45. The summed E-state index contributed by atoms with van der Waals surface area (Å²) < 4.78 is 10.7. The van der Waals surface area contributed by atoms with Crippen molar-refractivity contribution in [3.8, 4) is 0 Å². The molecule has 7 heteroatoms. The maximum atomic E-state index is 12.6. The number of hydrogen-bond acceptors (Lipinski definition) is 5. The summed E-state index contributed by atoms with van der Waals surface area (Å²) in [6.07, 6.45) is 2.77. The first-order valence-electron chi connectivity index (χ1n) is 7.45. The normalized spacial score (nSPS) is 18.6. The van der Waals surface area contributed by atoms with Crippen molar-refractivity contribution in [2.45, 2.75) is 32.7 Å². The Morgan fingerprint density at radius 3 is 3.05 bits per heavy atom. The minimum Gasteiger partial charge on any atom is -0.377 e. The van der Waals surface area contributed by atoms with Gasteiger partial charge in [0.25, 0.3) is 0 Å². The second-order valence-electron chi connectivity index (χ2n) is 5.49. The molecule has 0 bridgehead atoms. The van der Waals surface area contributed by atoms with Crippen LogP contribution in [0, 0.1) is 13.8 Å². The molecule has 2 aromatic rings. The number of aromatic amines is 1. The van der Waals surface area contributed by atoms with Gasteiger partial charge in [0.15, 0.2) is 0 Å². The molecule has 0 aliphatic carbocycles. The Hall–Kier alpha value is -2.15. The van der Waals surface area contributed by atoms with Crippen molar-refractivity contribution < 1.29 is 14.1 Å². The van der Waals surface area contributed by atoms with Crippen LogP contribution < -0.4 is 0 Å². The predicted molar refractivity (Wildman–Crippen MR) is 78.2 cm³/mol. The van der Waals surface area contributed by atoms with Gasteiger partial charge in [0.05, 0.1) is 30.6 Å². The monoisotopic (exact) mass is 304 g/mol. The lowest BCUT2D eigenvalue weighted by Gasteiger charge is -2.35. The highest BCUT2D eigenvalue weighted by Gasteiger charge is 2.29. The zero-order chi connectivity index (χ0) is 15.5. The van der Waals surface area contributed by atoms with E-state index < -0.39 is 0 Å². The summed E-state index contributed by atoms with van der Waals surface area (Å²) in [5.41, 5.74) is 2.79. The molecule has 0 unspecified atom stereocenters. The van der Waals surface area contributed by atoms with Gasteiger partial charge in [-0.1, -0.05) is 5.16 Å². The second-order valence-corrected chi connectivity index (χ2v) is 5.49. The largest absolute Gasteiger partial charge is 0.377 e. The van der Waals surface area contributed by atoms with Crippen molar-refractivity contribution in [3.63, 3.8) is 0 Å². The average Bonchev–Trinajstić information content (AvgIpc) is 3.16. The number of carbonyl (C=O) groups excluding carboxylic acids is 1. The Bertz CT molecular complexity index is 616. The number of rotatable bonds is 4. The molecule has 1 aliphatic rings. The Labute approximate surface area is 128 Å². The first kappa shape index (κ1) is 14.8. The molecule has 1 aliphatic heterocycles. The summed E-state index contributed by atoms with van der Waals surface area (Å²) in [4.78, 5) is 14.5. The summed E-state index contributed by atoms with van der Waals surface area (Å²) in [5.74, 6) is 0.903. The van der Waals surface area contributed by atoms with Crippen molar-refractivity contribution in [1.29, 1.82) is 0 Å². The second kappa shape index (κ2) is 6.31. The van der Waals surface area contributed by atoms with Crippen molar-refractivity contribution >= 4 is 5.91 Å². The lowest BCUT2D eigenvalue weighted by molar-refractivity contribution is -0.140. The van der Waals surface area contributed by atoms with Crippen molar-refractivity contribution in [2.24, 2.45) is 0 Å². The molecule has 1 atom stereocenters. The molecule has 1 fully saturated rings. The Kier molecular flexibility index (Phi) is 4.24. The number of aromatic nitrogens is 3. The third-order valence-electron chi connectivity index (χ3n) is 4.10. The third-order valence-corrected chi connectivity index (χ3v) is 4.10. The smallest absolute Gasteiger partial charge is 0.223 e. The van der Waals surface area contributed by atoms with E-state index in [0.717, 1.165) is 22.7 Å². The van der Waals surface area contributed by atoms with E-state index in [1.807, 2.05) is 24.8 Å². The number of hydrogen-bond donors (Lipinski definition) is 1. The minimum absolute atomic E-state index is 0.0894. The van der Waals surface area contributed by atoms with Crippen LogP contribution in [0.3, 0.4) is 0 Å². The van der Waals surface area contributed by atoms with E-state index in [4.69, 9.17) is 9.26 Å². The molecule has 1 N–H and O–H groups in total. The molecule has 3 heterocycles. The molecule has 0 saturated carbocycles. The fourth-order valence-electron chi connectivity index (χ4n) is 2.85. The molecule has 1 amide bonds. The van der Waals surface area contributed by atoms with Crippen LogP contribution in [0.25, 0.3) is 0 Å². The van der Waals surface area contributed by atoms with Crippen LogP contribution in [0.1, 0.15) is 35.2 Å². The molecule has 1 saturated heterocycles. The quantitative estimate of drug-likeness (QED) is 0.926. The number of carbonyl (C=O) groups is 1. The number of aryl methyl sites for hydroxylation is 2. The number of ether oxygens (including phenoxy) is 1. The van der Waals surface area contributed by atoms with Gasteiger partial charge in [0, 0.05) is 24.7 Å². The van der Waals surface area contributed by atoms with Crippen LogP contribution in [0.2, 0.25) is 0 Å².